The Morgan fingerprint density at radius 1 is 1.36 bits per heavy atom. The molecule has 0 amide bonds. The molecule has 1 atom stereocenters. The number of aliphatic hydroxyl groups is 1. The van der Waals surface area contributed by atoms with Crippen LogP contribution in [0.4, 0.5) is 11.5 Å². The molecular weight excluding hydrogens is 329 g/mol. The van der Waals surface area contributed by atoms with Crippen LogP contribution in [0.3, 0.4) is 0 Å². The Morgan fingerprint density at radius 2 is 2.00 bits per heavy atom. The van der Waals surface area contributed by atoms with Crippen LogP contribution in [-0.4, -0.2) is 21.6 Å². The van der Waals surface area contributed by atoms with Gasteiger partial charge in [0.25, 0.3) is 0 Å². The number of aryl methyl sites for hydroxylation is 1. The second-order valence-corrected chi connectivity index (χ2v) is 5.55. The second-order valence-electron chi connectivity index (χ2n) is 4.68. The van der Waals surface area contributed by atoms with E-state index in [1.165, 1.54) is 6.20 Å². The van der Waals surface area contributed by atoms with Crippen LogP contribution in [0.15, 0.2) is 30.5 Å². The van der Waals surface area contributed by atoms with Gasteiger partial charge in [0.05, 0.1) is 11.0 Å². The fraction of sp³-hybridized carbons (Fsp3) is 0.214. The summed E-state index contributed by atoms with van der Waals surface area (Å²) in [5.74, 6) is 0.108. The first-order valence-electron chi connectivity index (χ1n) is 6.36. The monoisotopic (exact) mass is 341 g/mol. The van der Waals surface area contributed by atoms with Crippen molar-refractivity contribution >= 4 is 34.7 Å². The maximum Gasteiger partial charge on any atom is 0.314 e. The van der Waals surface area contributed by atoms with Crippen LogP contribution >= 0.6 is 23.2 Å². The summed E-state index contributed by atoms with van der Waals surface area (Å²) in [5, 5.41) is 24.8. The van der Waals surface area contributed by atoms with E-state index >= 15 is 0 Å². The van der Waals surface area contributed by atoms with Gasteiger partial charge in [-0.2, -0.15) is 0 Å². The summed E-state index contributed by atoms with van der Waals surface area (Å²) in [6.07, 6.45) is 0.533. The van der Waals surface area contributed by atoms with Gasteiger partial charge in [0, 0.05) is 28.4 Å². The summed E-state index contributed by atoms with van der Waals surface area (Å²) >= 11 is 11.8. The van der Waals surface area contributed by atoms with Crippen LogP contribution in [0.25, 0.3) is 0 Å². The summed E-state index contributed by atoms with van der Waals surface area (Å²) in [7, 11) is 0. The molecule has 2 aromatic rings. The third-order valence-electron chi connectivity index (χ3n) is 3.04. The molecule has 22 heavy (non-hydrogen) atoms. The average molecular weight is 342 g/mol. The van der Waals surface area contributed by atoms with Crippen molar-refractivity contribution in [1.29, 1.82) is 0 Å². The van der Waals surface area contributed by atoms with Gasteiger partial charge in [0.1, 0.15) is 0 Å². The number of nitro groups is 1. The number of benzene rings is 1. The molecule has 0 saturated carbocycles. The van der Waals surface area contributed by atoms with Crippen molar-refractivity contribution in [2.24, 2.45) is 0 Å². The van der Waals surface area contributed by atoms with Gasteiger partial charge in [-0.1, -0.05) is 23.2 Å². The summed E-state index contributed by atoms with van der Waals surface area (Å²) in [5.41, 5.74) is 0.891. The van der Waals surface area contributed by atoms with Crippen LogP contribution < -0.4 is 5.32 Å². The van der Waals surface area contributed by atoms with E-state index in [2.05, 4.69) is 10.3 Å². The lowest BCUT2D eigenvalue weighted by atomic mass is 10.1. The smallest absolute Gasteiger partial charge is 0.314 e. The molecule has 1 heterocycles. The molecule has 1 unspecified atom stereocenters. The van der Waals surface area contributed by atoms with Gasteiger partial charge >= 0.3 is 5.69 Å². The number of hydrogen-bond acceptors (Lipinski definition) is 5. The Kier molecular flexibility index (Phi) is 5.18. The lowest BCUT2D eigenvalue weighted by Crippen LogP contribution is -2.14. The lowest BCUT2D eigenvalue weighted by molar-refractivity contribution is -0.384. The molecule has 2 N–H and O–H groups in total. The van der Waals surface area contributed by atoms with Crippen LogP contribution in [-0.2, 0) is 0 Å². The number of anilines is 1. The van der Waals surface area contributed by atoms with Gasteiger partial charge in [-0.15, -0.1) is 0 Å². The molecule has 6 nitrogen and oxygen atoms in total. The van der Waals surface area contributed by atoms with Crippen molar-refractivity contribution in [2.45, 2.75) is 13.0 Å². The number of nitrogens with one attached hydrogen (secondary N) is 1. The zero-order valence-electron chi connectivity index (χ0n) is 11.6. The highest BCUT2D eigenvalue weighted by molar-refractivity contribution is 6.34. The van der Waals surface area contributed by atoms with Gasteiger partial charge in [0.2, 0.25) is 5.82 Å². The average Bonchev–Trinajstić information content (AvgIpc) is 2.43. The highest BCUT2D eigenvalue weighted by Crippen LogP contribution is 2.27. The van der Waals surface area contributed by atoms with Crippen molar-refractivity contribution in [3.05, 3.63) is 61.7 Å². The van der Waals surface area contributed by atoms with Crippen molar-refractivity contribution in [2.75, 3.05) is 11.9 Å². The first-order chi connectivity index (χ1) is 10.4. The molecule has 0 aliphatic carbocycles. The third kappa shape index (κ3) is 3.85. The molecule has 1 aromatic heterocycles. The zero-order valence-corrected chi connectivity index (χ0v) is 13.1. The number of nitrogens with zero attached hydrogens (tertiary/aromatic N) is 2. The maximum absolute atomic E-state index is 11.1. The Balaban J connectivity index is 2.16. The Labute approximate surface area is 136 Å². The summed E-state index contributed by atoms with van der Waals surface area (Å²) in [4.78, 5) is 14.5. The minimum atomic E-state index is -0.932. The Morgan fingerprint density at radius 3 is 2.59 bits per heavy atom. The van der Waals surface area contributed by atoms with Gasteiger partial charge in [-0.25, -0.2) is 4.98 Å². The van der Waals surface area contributed by atoms with Gasteiger partial charge < -0.3 is 10.4 Å². The predicted molar refractivity (Wildman–Crippen MR) is 85.5 cm³/mol. The van der Waals surface area contributed by atoms with Crippen molar-refractivity contribution in [3.8, 4) is 0 Å². The van der Waals surface area contributed by atoms with E-state index in [0.717, 1.165) is 0 Å². The molecule has 1 aromatic carbocycles. The molecule has 0 saturated heterocycles. The number of aromatic nitrogens is 1. The van der Waals surface area contributed by atoms with E-state index < -0.39 is 11.0 Å². The number of pyridine rings is 1. The molecule has 0 aliphatic heterocycles. The first-order valence-corrected chi connectivity index (χ1v) is 7.12. The minimum Gasteiger partial charge on any atom is -0.387 e. The van der Waals surface area contributed by atoms with E-state index in [-0.39, 0.29) is 18.1 Å². The number of rotatable bonds is 5. The van der Waals surface area contributed by atoms with Crippen molar-refractivity contribution in [3.63, 3.8) is 0 Å². The maximum atomic E-state index is 11.1. The van der Waals surface area contributed by atoms with Crippen molar-refractivity contribution < 1.29 is 10.0 Å². The number of hydrogen-bond donors (Lipinski definition) is 2. The topological polar surface area (TPSA) is 88.3 Å². The third-order valence-corrected chi connectivity index (χ3v) is 3.48. The summed E-state index contributed by atoms with van der Waals surface area (Å²) < 4.78 is 0. The Hall–Kier alpha value is -1.89. The molecule has 0 aliphatic rings. The fourth-order valence-corrected chi connectivity index (χ4v) is 2.53. The quantitative estimate of drug-likeness (QED) is 0.638. The molecule has 0 spiro atoms. The van der Waals surface area contributed by atoms with E-state index in [0.29, 0.717) is 21.2 Å². The summed E-state index contributed by atoms with van der Waals surface area (Å²) in [6, 6.07) is 6.27. The van der Waals surface area contributed by atoms with Crippen LogP contribution in [0, 0.1) is 17.0 Å². The van der Waals surface area contributed by atoms with E-state index in [4.69, 9.17) is 23.2 Å². The Bertz CT molecular complexity index is 689. The molecule has 116 valence electrons. The first kappa shape index (κ1) is 16.5. The van der Waals surface area contributed by atoms with E-state index in [1.807, 2.05) is 0 Å². The highest BCUT2D eigenvalue weighted by atomic mass is 35.5. The molecule has 0 bridgehead atoms. The predicted octanol–water partition coefficient (Wildman–Crippen LogP) is 3.75. The lowest BCUT2D eigenvalue weighted by Gasteiger charge is -2.14. The second kappa shape index (κ2) is 6.91. The van der Waals surface area contributed by atoms with E-state index in [9.17, 15) is 15.2 Å². The standard InChI is InChI=1S/C14H13Cl2N3O3/c1-8-2-3-17-14(13(8)19(21)22)18-7-12(20)9-4-10(15)6-11(16)5-9/h2-6,12,20H,7H2,1H3,(H,17,18). The molecule has 2 rings (SSSR count). The van der Waals surface area contributed by atoms with Gasteiger partial charge in [-0.05, 0) is 36.8 Å². The number of aliphatic hydroxyl groups excluding tert-OH is 1. The molecule has 8 heteroatoms. The zero-order chi connectivity index (χ0) is 16.3. The molecular formula is C14H13Cl2N3O3. The van der Waals surface area contributed by atoms with Crippen LogP contribution in [0.5, 0.6) is 0 Å². The van der Waals surface area contributed by atoms with Crippen molar-refractivity contribution in [1.82, 2.24) is 4.98 Å². The minimum absolute atomic E-state index is 0.0357. The summed E-state index contributed by atoms with van der Waals surface area (Å²) in [6.45, 7) is 1.66. The largest absolute Gasteiger partial charge is 0.387 e. The normalized spacial score (nSPS) is 12.0. The van der Waals surface area contributed by atoms with Gasteiger partial charge in [-0.3, -0.25) is 10.1 Å². The fourth-order valence-electron chi connectivity index (χ4n) is 1.99. The van der Waals surface area contributed by atoms with Crippen LogP contribution in [0.2, 0.25) is 10.0 Å². The number of halogens is 2. The van der Waals surface area contributed by atoms with E-state index in [1.54, 1.807) is 31.2 Å². The molecule has 0 fully saturated rings. The highest BCUT2D eigenvalue weighted by Gasteiger charge is 2.19. The molecule has 0 radical (unpaired) electrons. The van der Waals surface area contributed by atoms with Crippen LogP contribution in [0.1, 0.15) is 17.2 Å². The SMILES string of the molecule is Cc1ccnc(NCC(O)c2cc(Cl)cc(Cl)c2)c1[N+](=O)[O-]. The van der Waals surface area contributed by atoms with Gasteiger partial charge in [0.15, 0.2) is 0 Å².